The van der Waals surface area contributed by atoms with E-state index < -0.39 is 12.0 Å². The predicted molar refractivity (Wildman–Crippen MR) is 72.6 cm³/mol. The zero-order chi connectivity index (χ0) is 13.4. The minimum Gasteiger partial charge on any atom is -0.480 e. The molecule has 0 saturated heterocycles. The van der Waals surface area contributed by atoms with E-state index in [-0.39, 0.29) is 0 Å². The highest BCUT2D eigenvalue weighted by Crippen LogP contribution is 2.06. The minimum atomic E-state index is -0.966. The van der Waals surface area contributed by atoms with Gasteiger partial charge in [-0.25, -0.2) is 0 Å². The fourth-order valence-electron chi connectivity index (χ4n) is 1.74. The summed E-state index contributed by atoms with van der Waals surface area (Å²) in [6, 6.07) is 7.74. The number of carboxylic acids is 1. The molecule has 1 aromatic rings. The molecule has 0 heterocycles. The molecule has 1 rings (SSSR count). The van der Waals surface area contributed by atoms with Crippen molar-refractivity contribution in [1.82, 2.24) is 5.32 Å². The Balaban J connectivity index is 2.25. The number of hydrogen-bond donors (Lipinski definition) is 3. The highest BCUT2D eigenvalue weighted by molar-refractivity contribution is 5.73. The molecule has 1 aromatic carbocycles. The second kappa shape index (κ2) is 7.84. The normalized spacial score (nSPS) is 12.3. The first-order valence-corrected chi connectivity index (χ1v) is 6.40. The van der Waals surface area contributed by atoms with Crippen molar-refractivity contribution in [3.05, 3.63) is 35.4 Å². The average molecular weight is 250 g/mol. The summed E-state index contributed by atoms with van der Waals surface area (Å²) >= 11 is 0. The topological polar surface area (TPSA) is 75.3 Å². The lowest BCUT2D eigenvalue weighted by molar-refractivity contribution is -0.138. The Morgan fingerprint density at radius 3 is 2.33 bits per heavy atom. The lowest BCUT2D eigenvalue weighted by Gasteiger charge is -2.08. The van der Waals surface area contributed by atoms with E-state index in [1.807, 2.05) is 0 Å². The molecule has 4 heteroatoms. The quantitative estimate of drug-likeness (QED) is 0.606. The minimum absolute atomic E-state index is 0.309. The molecule has 100 valence electrons. The Labute approximate surface area is 108 Å². The van der Waals surface area contributed by atoms with Gasteiger partial charge in [0, 0.05) is 6.54 Å². The fourth-order valence-corrected chi connectivity index (χ4v) is 1.74. The Morgan fingerprint density at radius 1 is 1.28 bits per heavy atom. The molecule has 0 amide bonds. The molecule has 0 aliphatic rings. The summed E-state index contributed by atoms with van der Waals surface area (Å²) in [6.07, 6.45) is 3.17. The number of hydrogen-bond acceptors (Lipinski definition) is 3. The Morgan fingerprint density at radius 2 is 1.83 bits per heavy atom. The second-order valence-electron chi connectivity index (χ2n) is 4.47. The van der Waals surface area contributed by atoms with Gasteiger partial charge in [-0.3, -0.25) is 4.79 Å². The zero-order valence-corrected chi connectivity index (χ0v) is 10.9. The largest absolute Gasteiger partial charge is 0.480 e. The molecule has 0 radical (unpaired) electrons. The standard InChI is InChI=1S/C14H22N2O2/c1-2-3-11-4-6-12(7-5-11)8-9-16-10-13(15)14(17)18/h4-7,13,16H,2-3,8-10,15H2,1H3,(H,17,18). The van der Waals surface area contributed by atoms with Crippen molar-refractivity contribution in [2.75, 3.05) is 13.1 Å². The number of aryl methyl sites for hydroxylation is 1. The predicted octanol–water partition coefficient (Wildman–Crippen LogP) is 1.18. The molecular weight excluding hydrogens is 228 g/mol. The lowest BCUT2D eigenvalue weighted by Crippen LogP contribution is -2.40. The first kappa shape index (κ1) is 14.7. The molecule has 0 bridgehead atoms. The highest BCUT2D eigenvalue weighted by Gasteiger charge is 2.09. The van der Waals surface area contributed by atoms with Crippen LogP contribution < -0.4 is 11.1 Å². The van der Waals surface area contributed by atoms with Gasteiger partial charge >= 0.3 is 5.97 Å². The molecule has 1 atom stereocenters. The van der Waals surface area contributed by atoms with Gasteiger partial charge in [0.1, 0.15) is 6.04 Å². The Hall–Kier alpha value is -1.39. The summed E-state index contributed by atoms with van der Waals surface area (Å²) < 4.78 is 0. The van der Waals surface area contributed by atoms with Gasteiger partial charge in [-0.05, 0) is 30.5 Å². The summed E-state index contributed by atoms with van der Waals surface area (Å²) in [4.78, 5) is 10.5. The van der Waals surface area contributed by atoms with Crippen molar-refractivity contribution in [2.45, 2.75) is 32.2 Å². The monoisotopic (exact) mass is 250 g/mol. The number of aliphatic carboxylic acids is 1. The molecule has 4 N–H and O–H groups in total. The maximum Gasteiger partial charge on any atom is 0.321 e. The van der Waals surface area contributed by atoms with Crippen LogP contribution in [0, 0.1) is 0 Å². The summed E-state index contributed by atoms with van der Waals surface area (Å²) in [7, 11) is 0. The summed E-state index contributed by atoms with van der Waals surface area (Å²) in [5, 5.41) is 11.7. The van der Waals surface area contributed by atoms with Crippen LogP contribution in [-0.2, 0) is 17.6 Å². The number of rotatable bonds is 8. The second-order valence-corrected chi connectivity index (χ2v) is 4.47. The van der Waals surface area contributed by atoms with Crippen LogP contribution in [-0.4, -0.2) is 30.2 Å². The van der Waals surface area contributed by atoms with Crippen molar-refractivity contribution in [3.8, 4) is 0 Å². The van der Waals surface area contributed by atoms with E-state index in [1.54, 1.807) is 0 Å². The third-order valence-corrected chi connectivity index (χ3v) is 2.83. The van der Waals surface area contributed by atoms with Crippen molar-refractivity contribution >= 4 is 5.97 Å². The van der Waals surface area contributed by atoms with Gasteiger partial charge in [0.05, 0.1) is 0 Å². The molecule has 0 aliphatic carbocycles. The van der Waals surface area contributed by atoms with Gasteiger partial charge in [-0.2, -0.15) is 0 Å². The van der Waals surface area contributed by atoms with Crippen LogP contribution in [0.25, 0.3) is 0 Å². The van der Waals surface area contributed by atoms with Crippen molar-refractivity contribution < 1.29 is 9.90 Å². The number of benzene rings is 1. The summed E-state index contributed by atoms with van der Waals surface area (Å²) in [6.45, 7) is 3.22. The molecule has 0 aromatic heterocycles. The molecule has 4 nitrogen and oxygen atoms in total. The van der Waals surface area contributed by atoms with Crippen LogP contribution in [0.5, 0.6) is 0 Å². The molecule has 0 aliphatic heterocycles. The van der Waals surface area contributed by atoms with Gasteiger partial charge in [0.25, 0.3) is 0 Å². The highest BCUT2D eigenvalue weighted by atomic mass is 16.4. The van der Waals surface area contributed by atoms with E-state index in [0.717, 1.165) is 25.8 Å². The van der Waals surface area contributed by atoms with Crippen LogP contribution in [0.15, 0.2) is 24.3 Å². The smallest absolute Gasteiger partial charge is 0.321 e. The van der Waals surface area contributed by atoms with Gasteiger partial charge in [0.15, 0.2) is 0 Å². The van der Waals surface area contributed by atoms with E-state index in [1.165, 1.54) is 11.1 Å². The van der Waals surface area contributed by atoms with Gasteiger partial charge in [-0.1, -0.05) is 37.6 Å². The molecular formula is C14H22N2O2. The Bertz CT molecular complexity index is 363. The maximum absolute atomic E-state index is 10.5. The first-order valence-electron chi connectivity index (χ1n) is 6.40. The van der Waals surface area contributed by atoms with Crippen LogP contribution in [0.1, 0.15) is 24.5 Å². The first-order chi connectivity index (χ1) is 8.63. The molecule has 0 saturated carbocycles. The van der Waals surface area contributed by atoms with E-state index in [2.05, 4.69) is 36.5 Å². The SMILES string of the molecule is CCCc1ccc(CCNCC(N)C(=O)O)cc1. The number of carboxylic acid groups (broad SMARTS) is 1. The van der Waals surface area contributed by atoms with Crippen LogP contribution in [0.2, 0.25) is 0 Å². The van der Waals surface area contributed by atoms with Crippen molar-refractivity contribution in [1.29, 1.82) is 0 Å². The van der Waals surface area contributed by atoms with Gasteiger partial charge in [0.2, 0.25) is 0 Å². The Kier molecular flexibility index (Phi) is 6.39. The molecule has 0 spiro atoms. The van der Waals surface area contributed by atoms with Crippen LogP contribution >= 0.6 is 0 Å². The van der Waals surface area contributed by atoms with Crippen LogP contribution in [0.3, 0.4) is 0 Å². The van der Waals surface area contributed by atoms with E-state index in [0.29, 0.717) is 6.54 Å². The zero-order valence-electron chi connectivity index (χ0n) is 10.9. The number of nitrogens with two attached hydrogens (primary N) is 1. The molecule has 0 fully saturated rings. The van der Waals surface area contributed by atoms with E-state index in [4.69, 9.17) is 10.8 Å². The molecule has 18 heavy (non-hydrogen) atoms. The fraction of sp³-hybridized carbons (Fsp3) is 0.500. The number of nitrogens with one attached hydrogen (secondary N) is 1. The summed E-state index contributed by atoms with van der Waals surface area (Å²) in [5.74, 6) is -0.966. The third-order valence-electron chi connectivity index (χ3n) is 2.83. The van der Waals surface area contributed by atoms with E-state index in [9.17, 15) is 4.79 Å². The maximum atomic E-state index is 10.5. The van der Waals surface area contributed by atoms with Crippen molar-refractivity contribution in [2.24, 2.45) is 5.73 Å². The average Bonchev–Trinajstić information content (AvgIpc) is 2.36. The lowest BCUT2D eigenvalue weighted by atomic mass is 10.1. The van der Waals surface area contributed by atoms with Gasteiger partial charge < -0.3 is 16.2 Å². The molecule has 1 unspecified atom stereocenters. The van der Waals surface area contributed by atoms with Crippen molar-refractivity contribution in [3.63, 3.8) is 0 Å². The van der Waals surface area contributed by atoms with Gasteiger partial charge in [-0.15, -0.1) is 0 Å². The summed E-state index contributed by atoms with van der Waals surface area (Å²) in [5.41, 5.74) is 8.01. The third kappa shape index (κ3) is 5.29. The van der Waals surface area contributed by atoms with Crippen LogP contribution in [0.4, 0.5) is 0 Å². The van der Waals surface area contributed by atoms with E-state index >= 15 is 0 Å². The number of carbonyl (C=O) groups is 1.